The van der Waals surface area contributed by atoms with Crippen LogP contribution in [0.3, 0.4) is 0 Å². The highest BCUT2D eigenvalue weighted by Gasteiger charge is 2.21. The molecule has 1 unspecified atom stereocenters. The maximum Gasteiger partial charge on any atom is 0.434 e. The standard InChI is InChI=1S/C15H18Cl2N4O2/c1-8(9-2-4-18-5-3-9)19-13-6-10(11(16)7-12(13)17)14-20-21-15(22)23-14/h6-9,18-19H,2-5H2,1H3,(H,21,22). The first-order chi connectivity index (χ1) is 11.0. The Morgan fingerprint density at radius 1 is 1.30 bits per heavy atom. The molecule has 6 nitrogen and oxygen atoms in total. The number of anilines is 1. The summed E-state index contributed by atoms with van der Waals surface area (Å²) >= 11 is 12.5. The van der Waals surface area contributed by atoms with E-state index >= 15 is 0 Å². The zero-order valence-corrected chi connectivity index (χ0v) is 14.2. The van der Waals surface area contributed by atoms with Crippen LogP contribution in [0.5, 0.6) is 0 Å². The van der Waals surface area contributed by atoms with Gasteiger partial charge in [-0.3, -0.25) is 0 Å². The summed E-state index contributed by atoms with van der Waals surface area (Å²) in [5, 5.41) is 13.8. The molecule has 1 aromatic heterocycles. The van der Waals surface area contributed by atoms with Crippen LogP contribution in [0.2, 0.25) is 10.0 Å². The molecule has 1 aliphatic rings. The van der Waals surface area contributed by atoms with Crippen molar-refractivity contribution in [3.8, 4) is 11.5 Å². The Morgan fingerprint density at radius 2 is 2.04 bits per heavy atom. The van der Waals surface area contributed by atoms with Crippen molar-refractivity contribution in [2.45, 2.75) is 25.8 Å². The predicted octanol–water partition coefficient (Wildman–Crippen LogP) is 3.14. The molecule has 1 aromatic carbocycles. The molecule has 0 amide bonds. The topological polar surface area (TPSA) is 83.0 Å². The maximum atomic E-state index is 11.1. The van der Waals surface area contributed by atoms with E-state index in [9.17, 15) is 4.79 Å². The molecule has 2 heterocycles. The van der Waals surface area contributed by atoms with E-state index in [2.05, 4.69) is 27.8 Å². The van der Waals surface area contributed by atoms with E-state index in [0.29, 0.717) is 21.5 Å². The van der Waals surface area contributed by atoms with Gasteiger partial charge in [0.1, 0.15) is 0 Å². The van der Waals surface area contributed by atoms with Gasteiger partial charge >= 0.3 is 5.76 Å². The largest absolute Gasteiger partial charge is 0.434 e. The molecule has 2 aromatic rings. The van der Waals surface area contributed by atoms with Gasteiger partial charge in [-0.25, -0.2) is 9.89 Å². The zero-order chi connectivity index (χ0) is 16.4. The number of hydrogen-bond acceptors (Lipinski definition) is 5. The average molecular weight is 357 g/mol. The van der Waals surface area contributed by atoms with Gasteiger partial charge in [0, 0.05) is 6.04 Å². The Kier molecular flexibility index (Phi) is 4.94. The highest BCUT2D eigenvalue weighted by Crippen LogP contribution is 2.35. The van der Waals surface area contributed by atoms with Crippen LogP contribution in [0.15, 0.2) is 21.3 Å². The second-order valence-corrected chi connectivity index (χ2v) is 6.57. The third kappa shape index (κ3) is 3.71. The average Bonchev–Trinajstić information content (AvgIpc) is 2.97. The number of rotatable bonds is 4. The molecule has 0 radical (unpaired) electrons. The van der Waals surface area contributed by atoms with Gasteiger partial charge in [-0.05, 0) is 50.9 Å². The maximum absolute atomic E-state index is 11.1. The fraction of sp³-hybridized carbons (Fsp3) is 0.467. The molecule has 3 N–H and O–H groups in total. The van der Waals surface area contributed by atoms with Crippen LogP contribution < -0.4 is 16.4 Å². The lowest BCUT2D eigenvalue weighted by molar-refractivity contribution is 0.343. The van der Waals surface area contributed by atoms with Gasteiger partial charge in [-0.15, -0.1) is 5.10 Å². The van der Waals surface area contributed by atoms with E-state index in [1.165, 1.54) is 0 Å². The normalized spacial score (nSPS) is 17.2. The second-order valence-electron chi connectivity index (χ2n) is 5.75. The van der Waals surface area contributed by atoms with Crippen LogP contribution >= 0.6 is 23.2 Å². The minimum atomic E-state index is -0.622. The molecular formula is C15H18Cl2N4O2. The van der Waals surface area contributed by atoms with Gasteiger partial charge < -0.3 is 15.1 Å². The molecular weight excluding hydrogens is 339 g/mol. The summed E-state index contributed by atoms with van der Waals surface area (Å²) in [4.78, 5) is 11.1. The molecule has 0 saturated carbocycles. The monoisotopic (exact) mass is 356 g/mol. The number of halogens is 2. The number of benzene rings is 1. The van der Waals surface area contributed by atoms with Crippen molar-refractivity contribution < 1.29 is 4.42 Å². The fourth-order valence-electron chi connectivity index (χ4n) is 2.88. The molecule has 23 heavy (non-hydrogen) atoms. The van der Waals surface area contributed by atoms with Crippen LogP contribution in [0.4, 0.5) is 5.69 Å². The molecule has 0 spiro atoms. The molecule has 0 aliphatic carbocycles. The Bertz CT molecular complexity index is 737. The number of H-pyrrole nitrogens is 1. The molecule has 124 valence electrons. The molecule has 3 rings (SSSR count). The molecule has 1 saturated heterocycles. The number of nitrogens with zero attached hydrogens (tertiary/aromatic N) is 1. The minimum absolute atomic E-state index is 0.147. The van der Waals surface area contributed by atoms with Crippen LogP contribution in [-0.4, -0.2) is 29.3 Å². The predicted molar refractivity (Wildman–Crippen MR) is 91.3 cm³/mol. The number of hydrogen-bond donors (Lipinski definition) is 3. The first-order valence-corrected chi connectivity index (χ1v) is 8.32. The third-order valence-electron chi connectivity index (χ3n) is 4.20. The summed E-state index contributed by atoms with van der Waals surface area (Å²) in [5.41, 5.74) is 1.28. The highest BCUT2D eigenvalue weighted by atomic mass is 35.5. The van der Waals surface area contributed by atoms with Crippen molar-refractivity contribution in [1.82, 2.24) is 15.5 Å². The van der Waals surface area contributed by atoms with Crippen molar-refractivity contribution in [2.75, 3.05) is 18.4 Å². The molecule has 1 atom stereocenters. The number of nitrogens with one attached hydrogen (secondary N) is 3. The van der Waals surface area contributed by atoms with Gasteiger partial charge in [0.2, 0.25) is 0 Å². The van der Waals surface area contributed by atoms with E-state index in [4.69, 9.17) is 27.6 Å². The van der Waals surface area contributed by atoms with Crippen molar-refractivity contribution in [1.29, 1.82) is 0 Å². The van der Waals surface area contributed by atoms with Gasteiger partial charge in [0.25, 0.3) is 5.89 Å². The minimum Gasteiger partial charge on any atom is -0.388 e. The van der Waals surface area contributed by atoms with E-state index in [1.807, 2.05) is 0 Å². The van der Waals surface area contributed by atoms with E-state index in [-0.39, 0.29) is 11.9 Å². The smallest absolute Gasteiger partial charge is 0.388 e. The van der Waals surface area contributed by atoms with Gasteiger partial charge in [-0.1, -0.05) is 23.2 Å². The third-order valence-corrected chi connectivity index (χ3v) is 4.82. The summed E-state index contributed by atoms with van der Waals surface area (Å²) in [6.07, 6.45) is 2.25. The summed E-state index contributed by atoms with van der Waals surface area (Å²) in [7, 11) is 0. The van der Waals surface area contributed by atoms with Crippen molar-refractivity contribution in [3.63, 3.8) is 0 Å². The van der Waals surface area contributed by atoms with Crippen LogP contribution in [0.1, 0.15) is 19.8 Å². The lowest BCUT2D eigenvalue weighted by atomic mass is 9.91. The first-order valence-electron chi connectivity index (χ1n) is 7.57. The summed E-state index contributed by atoms with van der Waals surface area (Å²) in [5.74, 6) is 0.104. The van der Waals surface area contributed by atoms with E-state index in [1.54, 1.807) is 12.1 Å². The molecule has 1 aliphatic heterocycles. The first kappa shape index (κ1) is 16.4. The molecule has 1 fully saturated rings. The lowest BCUT2D eigenvalue weighted by Crippen LogP contribution is -2.36. The quantitative estimate of drug-likeness (QED) is 0.783. The molecule has 0 bridgehead atoms. The van der Waals surface area contributed by atoms with Crippen molar-refractivity contribution >= 4 is 28.9 Å². The Labute approximate surface area is 143 Å². The summed E-state index contributed by atoms with van der Waals surface area (Å²) in [6.45, 7) is 4.22. The van der Waals surface area contributed by atoms with E-state index in [0.717, 1.165) is 31.6 Å². The van der Waals surface area contributed by atoms with Gasteiger partial charge in [-0.2, -0.15) is 0 Å². The lowest BCUT2D eigenvalue weighted by Gasteiger charge is -2.30. The van der Waals surface area contributed by atoms with Gasteiger partial charge in [0.15, 0.2) is 0 Å². The van der Waals surface area contributed by atoms with E-state index < -0.39 is 5.76 Å². The summed E-state index contributed by atoms with van der Waals surface area (Å²) in [6, 6.07) is 3.67. The molecule has 8 heteroatoms. The van der Waals surface area contributed by atoms with Crippen molar-refractivity contribution in [2.24, 2.45) is 5.92 Å². The van der Waals surface area contributed by atoms with Crippen LogP contribution in [0, 0.1) is 5.92 Å². The van der Waals surface area contributed by atoms with Gasteiger partial charge in [0.05, 0.1) is 21.3 Å². The Balaban J connectivity index is 1.85. The number of aromatic nitrogens is 2. The van der Waals surface area contributed by atoms with Crippen molar-refractivity contribution in [3.05, 3.63) is 32.7 Å². The number of piperidine rings is 1. The highest BCUT2D eigenvalue weighted by molar-refractivity contribution is 6.37. The second kappa shape index (κ2) is 6.95. The van der Waals surface area contributed by atoms with Crippen LogP contribution in [0.25, 0.3) is 11.5 Å². The SMILES string of the molecule is CC(Nc1cc(-c2n[nH]c(=O)o2)c(Cl)cc1Cl)C1CCNCC1. The van der Waals surface area contributed by atoms with Crippen LogP contribution in [-0.2, 0) is 0 Å². The Hall–Kier alpha value is -1.50. The number of aromatic amines is 1. The summed E-state index contributed by atoms with van der Waals surface area (Å²) < 4.78 is 4.98. The fourth-order valence-corrected chi connectivity index (χ4v) is 3.39. The Morgan fingerprint density at radius 3 is 2.70 bits per heavy atom. The zero-order valence-electron chi connectivity index (χ0n) is 12.7.